The molecule has 1 N–H and O–H groups in total. The Kier molecular flexibility index (Phi) is 3.91. The molecule has 1 rings (SSSR count). The first-order valence-electron chi connectivity index (χ1n) is 5.25. The van der Waals surface area contributed by atoms with E-state index in [-0.39, 0.29) is 11.3 Å². The topological polar surface area (TPSA) is 29.1 Å². The summed E-state index contributed by atoms with van der Waals surface area (Å²) in [7, 11) is 0. The summed E-state index contributed by atoms with van der Waals surface area (Å²) >= 11 is 1.67. The van der Waals surface area contributed by atoms with Gasteiger partial charge >= 0.3 is 0 Å². The van der Waals surface area contributed by atoms with E-state index in [4.69, 9.17) is 0 Å². The van der Waals surface area contributed by atoms with Gasteiger partial charge in [0.25, 0.3) is 0 Å². The van der Waals surface area contributed by atoms with Gasteiger partial charge in [-0.25, -0.2) is 0 Å². The summed E-state index contributed by atoms with van der Waals surface area (Å²) in [6, 6.07) is 4.03. The molecule has 0 aliphatic rings. The molecule has 0 aromatic carbocycles. The zero-order valence-electron chi connectivity index (χ0n) is 9.83. The average molecular weight is 225 g/mol. The maximum atomic E-state index is 11.9. The minimum Gasteiger partial charge on any atom is -0.351 e. The zero-order valence-corrected chi connectivity index (χ0v) is 10.6. The standard InChI is InChI=1S/C12H19NOS/c1-9(2)12(3,4)11(14)13-8-10-6-5-7-15-10/h5-7,9H,8H2,1-4H3,(H,13,14). The predicted molar refractivity (Wildman–Crippen MR) is 64.8 cm³/mol. The van der Waals surface area contributed by atoms with Crippen LogP contribution in [-0.2, 0) is 11.3 Å². The van der Waals surface area contributed by atoms with Crippen molar-refractivity contribution < 1.29 is 4.79 Å². The molecule has 1 heterocycles. The van der Waals surface area contributed by atoms with Gasteiger partial charge in [-0.05, 0) is 17.4 Å². The monoisotopic (exact) mass is 225 g/mol. The van der Waals surface area contributed by atoms with Crippen LogP contribution in [0.25, 0.3) is 0 Å². The lowest BCUT2D eigenvalue weighted by Gasteiger charge is -2.27. The second kappa shape index (κ2) is 4.79. The number of nitrogens with one attached hydrogen (secondary N) is 1. The summed E-state index contributed by atoms with van der Waals surface area (Å²) < 4.78 is 0. The van der Waals surface area contributed by atoms with Crippen molar-refractivity contribution in [1.29, 1.82) is 0 Å². The molecule has 1 aromatic rings. The van der Waals surface area contributed by atoms with Crippen LogP contribution in [0.1, 0.15) is 32.6 Å². The fourth-order valence-electron chi connectivity index (χ4n) is 1.07. The van der Waals surface area contributed by atoms with Gasteiger partial charge in [0.15, 0.2) is 0 Å². The van der Waals surface area contributed by atoms with E-state index in [9.17, 15) is 4.79 Å². The van der Waals surface area contributed by atoms with E-state index in [0.29, 0.717) is 12.5 Å². The molecule has 0 saturated heterocycles. The molecule has 0 saturated carbocycles. The Hall–Kier alpha value is -0.830. The Labute approximate surface area is 95.7 Å². The van der Waals surface area contributed by atoms with Crippen molar-refractivity contribution >= 4 is 17.2 Å². The van der Waals surface area contributed by atoms with Crippen LogP contribution in [0.2, 0.25) is 0 Å². The Morgan fingerprint density at radius 1 is 1.53 bits per heavy atom. The number of carbonyl (C=O) groups excluding carboxylic acids is 1. The van der Waals surface area contributed by atoms with Crippen molar-refractivity contribution in [3.05, 3.63) is 22.4 Å². The molecule has 0 unspecified atom stereocenters. The lowest BCUT2D eigenvalue weighted by molar-refractivity contribution is -0.131. The molecule has 0 fully saturated rings. The van der Waals surface area contributed by atoms with E-state index in [0.717, 1.165) is 0 Å². The number of thiophene rings is 1. The first-order chi connectivity index (χ1) is 6.94. The largest absolute Gasteiger partial charge is 0.351 e. The van der Waals surface area contributed by atoms with Crippen molar-refractivity contribution in [3.63, 3.8) is 0 Å². The Bertz CT molecular complexity index is 314. The highest BCUT2D eigenvalue weighted by Crippen LogP contribution is 2.26. The van der Waals surface area contributed by atoms with Crippen LogP contribution in [0.4, 0.5) is 0 Å². The maximum absolute atomic E-state index is 11.9. The van der Waals surface area contributed by atoms with Gasteiger partial charge in [-0.15, -0.1) is 11.3 Å². The van der Waals surface area contributed by atoms with Gasteiger partial charge in [0.1, 0.15) is 0 Å². The molecule has 0 atom stereocenters. The minimum absolute atomic E-state index is 0.130. The molecule has 1 amide bonds. The van der Waals surface area contributed by atoms with Crippen LogP contribution in [0, 0.1) is 11.3 Å². The second-order valence-electron chi connectivity index (χ2n) is 4.64. The fourth-order valence-corrected chi connectivity index (χ4v) is 1.72. The number of amides is 1. The number of hydrogen-bond acceptors (Lipinski definition) is 2. The van der Waals surface area contributed by atoms with Crippen LogP contribution >= 0.6 is 11.3 Å². The highest BCUT2D eigenvalue weighted by molar-refractivity contribution is 7.09. The quantitative estimate of drug-likeness (QED) is 0.838. The van der Waals surface area contributed by atoms with Crippen molar-refractivity contribution in [2.75, 3.05) is 0 Å². The molecule has 0 aliphatic heterocycles. The third-order valence-electron chi connectivity index (χ3n) is 3.03. The summed E-state index contributed by atoms with van der Waals surface area (Å²) in [5.41, 5.74) is -0.294. The van der Waals surface area contributed by atoms with Gasteiger partial charge in [0.2, 0.25) is 5.91 Å². The van der Waals surface area contributed by atoms with Gasteiger partial charge in [-0.2, -0.15) is 0 Å². The Balaban J connectivity index is 2.49. The van der Waals surface area contributed by atoms with E-state index in [1.165, 1.54) is 4.88 Å². The van der Waals surface area contributed by atoms with Crippen LogP contribution in [0.3, 0.4) is 0 Å². The molecule has 3 heteroatoms. The molecule has 0 bridgehead atoms. The number of hydrogen-bond donors (Lipinski definition) is 1. The average Bonchev–Trinajstić information content (AvgIpc) is 2.66. The Morgan fingerprint density at radius 2 is 2.20 bits per heavy atom. The molecule has 0 radical (unpaired) electrons. The summed E-state index contributed by atoms with van der Waals surface area (Å²) in [5, 5.41) is 5.00. The van der Waals surface area contributed by atoms with Gasteiger partial charge in [0, 0.05) is 10.3 Å². The fraction of sp³-hybridized carbons (Fsp3) is 0.583. The third-order valence-corrected chi connectivity index (χ3v) is 3.91. The molecule has 0 spiro atoms. The smallest absolute Gasteiger partial charge is 0.226 e. The molecular formula is C12H19NOS. The van der Waals surface area contributed by atoms with Crippen molar-refractivity contribution in [2.45, 2.75) is 34.2 Å². The van der Waals surface area contributed by atoms with Gasteiger partial charge in [-0.3, -0.25) is 4.79 Å². The van der Waals surface area contributed by atoms with Crippen LogP contribution in [-0.4, -0.2) is 5.91 Å². The molecule has 84 valence electrons. The van der Waals surface area contributed by atoms with Crippen molar-refractivity contribution in [2.24, 2.45) is 11.3 Å². The lowest BCUT2D eigenvalue weighted by Crippen LogP contribution is -2.39. The third kappa shape index (κ3) is 3.06. The summed E-state index contributed by atoms with van der Waals surface area (Å²) in [6.07, 6.45) is 0. The van der Waals surface area contributed by atoms with E-state index >= 15 is 0 Å². The van der Waals surface area contributed by atoms with Crippen LogP contribution in [0.5, 0.6) is 0 Å². The Morgan fingerprint density at radius 3 is 2.67 bits per heavy atom. The number of carbonyl (C=O) groups is 1. The molecule has 2 nitrogen and oxygen atoms in total. The molecular weight excluding hydrogens is 206 g/mol. The van der Waals surface area contributed by atoms with Gasteiger partial charge in [-0.1, -0.05) is 33.8 Å². The summed E-state index contributed by atoms with van der Waals surface area (Å²) in [5.74, 6) is 0.478. The molecule has 0 aliphatic carbocycles. The van der Waals surface area contributed by atoms with Crippen LogP contribution < -0.4 is 5.32 Å². The second-order valence-corrected chi connectivity index (χ2v) is 5.67. The van der Waals surface area contributed by atoms with E-state index < -0.39 is 0 Å². The molecule has 1 aromatic heterocycles. The first kappa shape index (κ1) is 12.2. The highest BCUT2D eigenvalue weighted by Gasteiger charge is 2.30. The molecule has 15 heavy (non-hydrogen) atoms. The van der Waals surface area contributed by atoms with Gasteiger partial charge in [0.05, 0.1) is 6.54 Å². The summed E-state index contributed by atoms with van der Waals surface area (Å²) in [4.78, 5) is 13.1. The maximum Gasteiger partial charge on any atom is 0.226 e. The first-order valence-corrected chi connectivity index (χ1v) is 6.13. The van der Waals surface area contributed by atoms with Crippen molar-refractivity contribution in [3.8, 4) is 0 Å². The predicted octanol–water partition coefficient (Wildman–Crippen LogP) is 3.05. The number of rotatable bonds is 4. The van der Waals surface area contributed by atoms with E-state index in [1.54, 1.807) is 11.3 Å². The van der Waals surface area contributed by atoms with Crippen molar-refractivity contribution in [1.82, 2.24) is 5.32 Å². The zero-order chi connectivity index (χ0) is 11.5. The highest BCUT2D eigenvalue weighted by atomic mass is 32.1. The van der Waals surface area contributed by atoms with Gasteiger partial charge < -0.3 is 5.32 Å². The normalized spacial score (nSPS) is 11.8. The van der Waals surface area contributed by atoms with E-state index in [1.807, 2.05) is 31.4 Å². The van der Waals surface area contributed by atoms with Crippen LogP contribution in [0.15, 0.2) is 17.5 Å². The minimum atomic E-state index is -0.294. The van der Waals surface area contributed by atoms with E-state index in [2.05, 4.69) is 19.2 Å². The SMILES string of the molecule is CC(C)C(C)(C)C(=O)NCc1cccs1. The summed E-state index contributed by atoms with van der Waals surface area (Å²) in [6.45, 7) is 8.77. The lowest BCUT2D eigenvalue weighted by atomic mass is 9.80.